The third-order valence-corrected chi connectivity index (χ3v) is 6.50. The Morgan fingerprint density at radius 2 is 1.74 bits per heavy atom. The van der Waals surface area contributed by atoms with Crippen LogP contribution in [0.25, 0.3) is 6.08 Å². The Bertz CT molecular complexity index is 1310. The van der Waals surface area contributed by atoms with Crippen molar-refractivity contribution >= 4 is 23.2 Å². The summed E-state index contributed by atoms with van der Waals surface area (Å²) in [5, 5.41) is 21.6. The molecule has 3 aromatic rings. The number of nitrogens with zero attached hydrogens (tertiary/aromatic N) is 3. The number of piperazine rings is 1. The second-order valence-electron chi connectivity index (χ2n) is 8.78. The molecular formula is C27H25N3O5. The van der Waals surface area contributed by atoms with Gasteiger partial charge < -0.3 is 14.7 Å². The molecule has 0 bridgehead atoms. The monoisotopic (exact) mass is 471 g/mol. The number of rotatable bonds is 5. The lowest BCUT2D eigenvalue weighted by atomic mass is 9.99. The van der Waals surface area contributed by atoms with Crippen molar-refractivity contribution in [2.75, 3.05) is 31.1 Å². The van der Waals surface area contributed by atoms with Gasteiger partial charge in [-0.3, -0.25) is 19.8 Å². The summed E-state index contributed by atoms with van der Waals surface area (Å²) in [5.74, 6) is 0.381. The van der Waals surface area contributed by atoms with E-state index in [1.54, 1.807) is 31.2 Å². The predicted molar refractivity (Wildman–Crippen MR) is 133 cm³/mol. The molecule has 8 nitrogen and oxygen atoms in total. The molecular weight excluding hydrogens is 446 g/mol. The Balaban J connectivity index is 1.36. The minimum atomic E-state index is -0.470. The first-order valence-electron chi connectivity index (χ1n) is 11.5. The summed E-state index contributed by atoms with van der Waals surface area (Å²) >= 11 is 0. The Hall–Kier alpha value is -4.17. The molecule has 2 aliphatic rings. The molecule has 1 N–H and O–H groups in total. The van der Waals surface area contributed by atoms with Crippen LogP contribution < -0.4 is 9.64 Å². The summed E-state index contributed by atoms with van der Waals surface area (Å²) < 4.78 is 6.01. The molecule has 0 spiro atoms. The van der Waals surface area contributed by atoms with Gasteiger partial charge in [0.15, 0.2) is 5.76 Å². The first kappa shape index (κ1) is 22.6. The van der Waals surface area contributed by atoms with Crippen LogP contribution in [0.4, 0.5) is 11.4 Å². The lowest BCUT2D eigenvalue weighted by molar-refractivity contribution is -0.384. The topological polar surface area (TPSA) is 96.2 Å². The van der Waals surface area contributed by atoms with Crippen LogP contribution in [0, 0.1) is 17.0 Å². The second kappa shape index (κ2) is 9.23. The Morgan fingerprint density at radius 3 is 2.40 bits per heavy atom. The highest BCUT2D eigenvalue weighted by Gasteiger charge is 2.34. The van der Waals surface area contributed by atoms with Crippen molar-refractivity contribution in [3.63, 3.8) is 0 Å². The third-order valence-electron chi connectivity index (χ3n) is 6.50. The maximum absolute atomic E-state index is 13.1. The van der Waals surface area contributed by atoms with E-state index in [4.69, 9.17) is 4.74 Å². The predicted octanol–water partition coefficient (Wildman–Crippen LogP) is 4.55. The number of fused-ring (bicyclic) bond motifs is 1. The van der Waals surface area contributed by atoms with Crippen molar-refractivity contribution < 1.29 is 19.6 Å². The number of hydrogen-bond acceptors (Lipinski definition) is 7. The van der Waals surface area contributed by atoms with Crippen molar-refractivity contribution in [2.24, 2.45) is 0 Å². The maximum Gasteiger partial charge on any atom is 0.269 e. The third kappa shape index (κ3) is 4.48. The first-order chi connectivity index (χ1) is 16.9. The number of aromatic hydroxyl groups is 1. The number of benzene rings is 3. The van der Waals surface area contributed by atoms with E-state index in [2.05, 4.69) is 21.9 Å². The molecule has 0 radical (unpaired) electrons. The van der Waals surface area contributed by atoms with Gasteiger partial charge in [0.1, 0.15) is 11.5 Å². The van der Waals surface area contributed by atoms with E-state index in [-0.39, 0.29) is 23.0 Å². The Morgan fingerprint density at radius 1 is 1.06 bits per heavy atom. The van der Waals surface area contributed by atoms with Crippen LogP contribution in [-0.4, -0.2) is 46.9 Å². The van der Waals surface area contributed by atoms with Crippen LogP contribution in [0.2, 0.25) is 0 Å². The number of phenols is 1. The molecule has 1 saturated heterocycles. The molecule has 178 valence electrons. The summed E-state index contributed by atoms with van der Waals surface area (Å²) in [6.45, 7) is 5.60. The van der Waals surface area contributed by atoms with Gasteiger partial charge in [0.2, 0.25) is 5.78 Å². The summed E-state index contributed by atoms with van der Waals surface area (Å²) in [5.41, 5.74) is 3.48. The Kier molecular flexibility index (Phi) is 5.96. The number of Topliss-reactive ketones (excluding diaryl/α,β-unsaturated/α-hetero) is 1. The molecule has 0 aliphatic carbocycles. The number of phenolic OH excluding ortho intramolecular Hbond substituents is 1. The highest BCUT2D eigenvalue weighted by molar-refractivity contribution is 6.15. The van der Waals surface area contributed by atoms with Crippen LogP contribution in [0.1, 0.15) is 27.0 Å². The maximum atomic E-state index is 13.1. The smallest absolute Gasteiger partial charge is 0.269 e. The largest absolute Gasteiger partial charge is 0.507 e. The molecule has 35 heavy (non-hydrogen) atoms. The van der Waals surface area contributed by atoms with Crippen molar-refractivity contribution in [1.29, 1.82) is 0 Å². The molecule has 0 atom stereocenters. The minimum Gasteiger partial charge on any atom is -0.507 e. The number of anilines is 1. The fraction of sp³-hybridized carbons (Fsp3) is 0.222. The minimum absolute atomic E-state index is 0.0236. The summed E-state index contributed by atoms with van der Waals surface area (Å²) in [6.07, 6.45) is 1.57. The van der Waals surface area contributed by atoms with E-state index >= 15 is 0 Å². The Labute approximate surface area is 202 Å². The summed E-state index contributed by atoms with van der Waals surface area (Å²) in [7, 11) is 0. The molecule has 2 heterocycles. The summed E-state index contributed by atoms with van der Waals surface area (Å²) in [6, 6.07) is 17.8. The first-order valence-corrected chi connectivity index (χ1v) is 11.5. The van der Waals surface area contributed by atoms with Gasteiger partial charge in [-0.15, -0.1) is 0 Å². The second-order valence-corrected chi connectivity index (χ2v) is 8.78. The number of ketones is 1. The number of non-ortho nitro benzene ring substituents is 1. The zero-order chi connectivity index (χ0) is 24.5. The van der Waals surface area contributed by atoms with Crippen LogP contribution in [0.3, 0.4) is 0 Å². The number of para-hydroxylation sites is 1. The number of carbonyl (C=O) groups is 1. The van der Waals surface area contributed by atoms with E-state index in [9.17, 15) is 20.0 Å². The average Bonchev–Trinajstić information content (AvgIpc) is 3.19. The van der Waals surface area contributed by atoms with E-state index in [0.717, 1.165) is 26.2 Å². The summed E-state index contributed by atoms with van der Waals surface area (Å²) in [4.78, 5) is 28.2. The molecule has 0 unspecified atom stereocenters. The number of nitro groups is 1. The van der Waals surface area contributed by atoms with E-state index in [1.165, 1.54) is 17.8 Å². The zero-order valence-corrected chi connectivity index (χ0v) is 19.3. The van der Waals surface area contributed by atoms with Crippen LogP contribution in [-0.2, 0) is 6.54 Å². The molecule has 0 aromatic heterocycles. The lowest BCUT2D eigenvalue weighted by Crippen LogP contribution is -2.46. The molecule has 0 amide bonds. The highest BCUT2D eigenvalue weighted by atomic mass is 16.6. The SMILES string of the molecule is Cc1cc(O)c(CN2CCN(c3ccccc3)CC2)c2c1C(=O)/C(=C\c1ccc([N+](=O)[O-])cc1)O2. The molecule has 5 rings (SSSR count). The van der Waals surface area contributed by atoms with Crippen molar-refractivity contribution in [3.05, 3.63) is 98.8 Å². The quantitative estimate of drug-likeness (QED) is 0.331. The van der Waals surface area contributed by atoms with Gasteiger partial charge in [-0.05, 0) is 54.5 Å². The zero-order valence-electron chi connectivity index (χ0n) is 19.3. The highest BCUT2D eigenvalue weighted by Crippen LogP contribution is 2.42. The van der Waals surface area contributed by atoms with Crippen LogP contribution >= 0.6 is 0 Å². The van der Waals surface area contributed by atoms with Crippen LogP contribution in [0.15, 0.2) is 66.4 Å². The average molecular weight is 472 g/mol. The van der Waals surface area contributed by atoms with E-state index < -0.39 is 4.92 Å². The van der Waals surface area contributed by atoms with Crippen LogP contribution in [0.5, 0.6) is 11.5 Å². The van der Waals surface area contributed by atoms with Gasteiger partial charge in [-0.1, -0.05) is 18.2 Å². The molecule has 8 heteroatoms. The fourth-order valence-corrected chi connectivity index (χ4v) is 4.60. The standard InChI is InChI=1S/C27H25N3O5/c1-18-15-23(31)22(17-28-11-13-29(14-12-28)20-5-3-2-4-6-20)27-25(18)26(32)24(35-27)16-19-7-9-21(10-8-19)30(33)34/h2-10,15-16,31H,11-14,17H2,1H3/b24-16+. The normalized spacial score (nSPS) is 16.9. The van der Waals surface area contributed by atoms with Gasteiger partial charge in [-0.2, -0.15) is 0 Å². The fourth-order valence-electron chi connectivity index (χ4n) is 4.60. The van der Waals surface area contributed by atoms with Crippen molar-refractivity contribution in [3.8, 4) is 11.5 Å². The van der Waals surface area contributed by atoms with E-state index in [1.807, 2.05) is 18.2 Å². The molecule has 0 saturated carbocycles. The van der Waals surface area contributed by atoms with Gasteiger partial charge in [0.25, 0.3) is 5.69 Å². The molecule has 1 fully saturated rings. The number of aryl methyl sites for hydroxylation is 1. The van der Waals surface area contributed by atoms with Gasteiger partial charge in [-0.25, -0.2) is 0 Å². The molecule has 3 aromatic carbocycles. The van der Waals surface area contributed by atoms with E-state index in [0.29, 0.717) is 34.5 Å². The number of hydrogen-bond donors (Lipinski definition) is 1. The number of allylic oxidation sites excluding steroid dienone is 1. The number of nitro benzene ring substituents is 1. The number of ether oxygens (including phenoxy) is 1. The van der Waals surface area contributed by atoms with Crippen molar-refractivity contribution in [1.82, 2.24) is 4.90 Å². The van der Waals surface area contributed by atoms with Gasteiger partial charge in [0, 0.05) is 50.5 Å². The molecule has 2 aliphatic heterocycles. The van der Waals surface area contributed by atoms with Crippen molar-refractivity contribution in [2.45, 2.75) is 13.5 Å². The van der Waals surface area contributed by atoms with Gasteiger partial charge in [0.05, 0.1) is 16.1 Å². The van der Waals surface area contributed by atoms with Gasteiger partial charge >= 0.3 is 0 Å². The number of carbonyl (C=O) groups excluding carboxylic acids is 1. The lowest BCUT2D eigenvalue weighted by Gasteiger charge is -2.36.